The van der Waals surface area contributed by atoms with Gasteiger partial charge in [-0.3, -0.25) is 19.0 Å². The molecule has 182 valence electrons. The Morgan fingerprint density at radius 1 is 1.06 bits per heavy atom. The Kier molecular flexibility index (Phi) is 6.92. The van der Waals surface area contributed by atoms with Crippen molar-refractivity contribution in [3.8, 4) is 5.75 Å². The number of hydrogen-bond donors (Lipinski definition) is 2. The Morgan fingerprint density at radius 2 is 1.80 bits per heavy atom. The fourth-order valence-electron chi connectivity index (χ4n) is 3.38. The molecule has 4 rings (SSSR count). The number of rotatable bonds is 8. The first-order valence-corrected chi connectivity index (χ1v) is 11.3. The highest BCUT2D eigenvalue weighted by Crippen LogP contribution is 2.23. The summed E-state index contributed by atoms with van der Waals surface area (Å²) >= 11 is 6.04. The standard InChI is InChI=1S/C24H25ClN6O4/c1-5-31-22(24(33)28-19-11-26-30(4)15(19)3)20(12-27-31)29-23(32)21-9-7-17(35-21)13-34-16-6-8-18(25)14(2)10-16/h6-12H,5,13H2,1-4H3,(H,28,33)(H,29,32). The molecule has 0 radical (unpaired) electrons. The molecule has 0 spiro atoms. The molecule has 0 saturated heterocycles. The van der Waals surface area contributed by atoms with Crippen molar-refractivity contribution < 1.29 is 18.7 Å². The van der Waals surface area contributed by atoms with E-state index in [2.05, 4.69) is 20.8 Å². The predicted molar refractivity (Wildman–Crippen MR) is 131 cm³/mol. The Bertz CT molecular complexity index is 1390. The second-order valence-electron chi connectivity index (χ2n) is 7.86. The Labute approximate surface area is 206 Å². The molecule has 2 N–H and O–H groups in total. The van der Waals surface area contributed by atoms with Gasteiger partial charge in [0.1, 0.15) is 23.8 Å². The first-order valence-electron chi connectivity index (χ1n) is 10.9. The van der Waals surface area contributed by atoms with Crippen LogP contribution in [0, 0.1) is 13.8 Å². The minimum Gasteiger partial charge on any atom is -0.486 e. The molecule has 0 saturated carbocycles. The van der Waals surface area contributed by atoms with Crippen LogP contribution in [0.2, 0.25) is 5.02 Å². The van der Waals surface area contributed by atoms with Crippen LogP contribution in [-0.4, -0.2) is 31.4 Å². The molecule has 3 aromatic heterocycles. The lowest BCUT2D eigenvalue weighted by molar-refractivity contribution is 0.0992. The zero-order valence-corrected chi connectivity index (χ0v) is 20.5. The summed E-state index contributed by atoms with van der Waals surface area (Å²) in [7, 11) is 1.78. The third kappa shape index (κ3) is 5.22. The fourth-order valence-corrected chi connectivity index (χ4v) is 3.50. The molecular formula is C24H25ClN6O4. The van der Waals surface area contributed by atoms with Gasteiger partial charge in [-0.05, 0) is 56.7 Å². The van der Waals surface area contributed by atoms with E-state index in [0.717, 1.165) is 11.3 Å². The number of carbonyl (C=O) groups is 2. The molecule has 3 heterocycles. The van der Waals surface area contributed by atoms with Crippen LogP contribution in [0.1, 0.15) is 45.0 Å². The number of nitrogens with one attached hydrogen (secondary N) is 2. The summed E-state index contributed by atoms with van der Waals surface area (Å²) in [5, 5.41) is 14.5. The number of anilines is 2. The van der Waals surface area contributed by atoms with Crippen LogP contribution in [0.15, 0.2) is 47.1 Å². The molecule has 2 amide bonds. The summed E-state index contributed by atoms with van der Waals surface area (Å²) in [6, 6.07) is 8.55. The molecule has 0 aliphatic heterocycles. The lowest BCUT2D eigenvalue weighted by Gasteiger charge is -2.09. The summed E-state index contributed by atoms with van der Waals surface area (Å²) in [6.07, 6.45) is 3.00. The maximum Gasteiger partial charge on any atom is 0.291 e. The third-order valence-corrected chi connectivity index (χ3v) is 5.91. The van der Waals surface area contributed by atoms with Gasteiger partial charge in [0.05, 0.1) is 29.5 Å². The van der Waals surface area contributed by atoms with Gasteiger partial charge in [0.25, 0.3) is 11.8 Å². The van der Waals surface area contributed by atoms with Gasteiger partial charge in [0, 0.05) is 18.6 Å². The molecule has 1 aromatic carbocycles. The molecular weight excluding hydrogens is 472 g/mol. The van der Waals surface area contributed by atoms with Crippen LogP contribution < -0.4 is 15.4 Å². The van der Waals surface area contributed by atoms with Crippen molar-refractivity contribution in [1.82, 2.24) is 19.6 Å². The van der Waals surface area contributed by atoms with E-state index >= 15 is 0 Å². The molecule has 0 unspecified atom stereocenters. The summed E-state index contributed by atoms with van der Waals surface area (Å²) in [5.74, 6) is 0.260. The zero-order valence-electron chi connectivity index (χ0n) is 19.8. The molecule has 11 heteroatoms. The van der Waals surface area contributed by atoms with E-state index in [-0.39, 0.29) is 23.7 Å². The van der Waals surface area contributed by atoms with Crippen LogP contribution in [0.5, 0.6) is 5.75 Å². The number of carbonyl (C=O) groups excluding carboxylic acids is 2. The number of hydrogen-bond acceptors (Lipinski definition) is 6. The molecule has 0 bridgehead atoms. The number of aromatic nitrogens is 4. The highest BCUT2D eigenvalue weighted by molar-refractivity contribution is 6.31. The van der Waals surface area contributed by atoms with Gasteiger partial charge in [0.15, 0.2) is 5.76 Å². The third-order valence-electron chi connectivity index (χ3n) is 5.48. The smallest absolute Gasteiger partial charge is 0.291 e. The normalized spacial score (nSPS) is 10.9. The van der Waals surface area contributed by atoms with Crippen molar-refractivity contribution in [3.63, 3.8) is 0 Å². The molecule has 0 atom stereocenters. The van der Waals surface area contributed by atoms with Crippen molar-refractivity contribution in [2.75, 3.05) is 10.6 Å². The minimum atomic E-state index is -0.513. The number of halogens is 1. The SMILES string of the molecule is CCn1ncc(NC(=O)c2ccc(COc3ccc(Cl)c(C)c3)o2)c1C(=O)Nc1cnn(C)c1C. The van der Waals surface area contributed by atoms with E-state index < -0.39 is 11.8 Å². The summed E-state index contributed by atoms with van der Waals surface area (Å²) < 4.78 is 14.5. The molecule has 10 nitrogen and oxygen atoms in total. The van der Waals surface area contributed by atoms with E-state index in [9.17, 15) is 9.59 Å². The highest BCUT2D eigenvalue weighted by Gasteiger charge is 2.22. The van der Waals surface area contributed by atoms with E-state index in [4.69, 9.17) is 20.8 Å². The van der Waals surface area contributed by atoms with Crippen molar-refractivity contribution in [1.29, 1.82) is 0 Å². The molecule has 0 fully saturated rings. The first-order chi connectivity index (χ1) is 16.8. The van der Waals surface area contributed by atoms with Crippen molar-refractivity contribution in [3.05, 3.63) is 76.2 Å². The maximum atomic E-state index is 13.0. The van der Waals surface area contributed by atoms with Crippen LogP contribution in [0.25, 0.3) is 0 Å². The van der Waals surface area contributed by atoms with E-state index in [1.807, 2.05) is 26.8 Å². The zero-order chi connectivity index (χ0) is 25.1. The fraction of sp³-hybridized carbons (Fsp3) is 0.250. The van der Waals surface area contributed by atoms with Gasteiger partial charge in [0.2, 0.25) is 0 Å². The van der Waals surface area contributed by atoms with Crippen LogP contribution in [0.3, 0.4) is 0 Å². The molecule has 0 aliphatic carbocycles. The second kappa shape index (κ2) is 10.1. The first kappa shape index (κ1) is 24.1. The van der Waals surface area contributed by atoms with Gasteiger partial charge in [-0.25, -0.2) is 0 Å². The summed E-state index contributed by atoms with van der Waals surface area (Å²) in [4.78, 5) is 25.8. The van der Waals surface area contributed by atoms with Gasteiger partial charge >= 0.3 is 0 Å². The number of furan rings is 1. The minimum absolute atomic E-state index is 0.0783. The van der Waals surface area contributed by atoms with Crippen LogP contribution in [0.4, 0.5) is 11.4 Å². The number of benzene rings is 1. The van der Waals surface area contributed by atoms with Crippen molar-refractivity contribution in [2.24, 2.45) is 7.05 Å². The largest absolute Gasteiger partial charge is 0.486 e. The maximum absolute atomic E-state index is 13.0. The number of amides is 2. The van der Waals surface area contributed by atoms with E-state index in [1.54, 1.807) is 42.2 Å². The highest BCUT2D eigenvalue weighted by atomic mass is 35.5. The van der Waals surface area contributed by atoms with E-state index in [0.29, 0.717) is 28.8 Å². The van der Waals surface area contributed by atoms with Crippen molar-refractivity contribution >= 4 is 34.8 Å². The molecule has 0 aliphatic rings. The van der Waals surface area contributed by atoms with Crippen LogP contribution in [-0.2, 0) is 20.2 Å². The predicted octanol–water partition coefficient (Wildman–Crippen LogP) is 4.58. The monoisotopic (exact) mass is 496 g/mol. The van der Waals surface area contributed by atoms with Crippen molar-refractivity contribution in [2.45, 2.75) is 33.9 Å². The lowest BCUT2D eigenvalue weighted by Crippen LogP contribution is -2.21. The second-order valence-corrected chi connectivity index (χ2v) is 8.27. The summed E-state index contributed by atoms with van der Waals surface area (Å²) in [6.45, 7) is 6.16. The van der Waals surface area contributed by atoms with Crippen LogP contribution >= 0.6 is 11.6 Å². The van der Waals surface area contributed by atoms with Gasteiger partial charge in [-0.2, -0.15) is 10.2 Å². The summed E-state index contributed by atoms with van der Waals surface area (Å²) in [5.41, 5.74) is 2.75. The number of ether oxygens (including phenoxy) is 1. The number of nitrogens with zero attached hydrogens (tertiary/aromatic N) is 4. The Hall–Kier alpha value is -4.05. The van der Waals surface area contributed by atoms with Gasteiger partial charge < -0.3 is 19.8 Å². The number of aryl methyl sites for hydroxylation is 3. The lowest BCUT2D eigenvalue weighted by atomic mass is 10.2. The Morgan fingerprint density at radius 3 is 2.49 bits per heavy atom. The Balaban J connectivity index is 1.45. The molecule has 35 heavy (non-hydrogen) atoms. The topological polar surface area (TPSA) is 116 Å². The quantitative estimate of drug-likeness (QED) is 0.368. The average Bonchev–Trinajstić information content (AvgIpc) is 3.55. The van der Waals surface area contributed by atoms with Gasteiger partial charge in [-0.1, -0.05) is 11.6 Å². The molecule has 4 aromatic rings. The average molecular weight is 497 g/mol. The van der Waals surface area contributed by atoms with Gasteiger partial charge in [-0.15, -0.1) is 0 Å². The van der Waals surface area contributed by atoms with E-state index in [1.165, 1.54) is 10.9 Å².